The minimum atomic E-state index is -0.0292. The van der Waals surface area contributed by atoms with Crippen LogP contribution in [0.3, 0.4) is 0 Å². The number of allylic oxidation sites excluding steroid dienone is 1. The number of hydrazine groups is 1. The lowest BCUT2D eigenvalue weighted by Crippen LogP contribution is -2.45. The topological polar surface area (TPSA) is 47.3 Å². The van der Waals surface area contributed by atoms with Gasteiger partial charge in [-0.15, -0.1) is 6.58 Å². The van der Waals surface area contributed by atoms with Gasteiger partial charge in [0.25, 0.3) is 0 Å². The fraction of sp³-hybridized carbons (Fsp3) is 0.385. The fourth-order valence-corrected chi connectivity index (χ4v) is 1.77. The van der Waals surface area contributed by atoms with E-state index in [1.165, 1.54) is 0 Å². The summed E-state index contributed by atoms with van der Waals surface area (Å²) < 4.78 is 5.78. The molecule has 2 atom stereocenters. The molecule has 1 rings (SSSR count). The van der Waals surface area contributed by atoms with Crippen LogP contribution in [-0.2, 0) is 0 Å². The summed E-state index contributed by atoms with van der Waals surface area (Å²) in [5.41, 5.74) is 2.77. The van der Waals surface area contributed by atoms with E-state index in [9.17, 15) is 0 Å². The van der Waals surface area contributed by atoms with Crippen LogP contribution in [0.2, 0.25) is 5.02 Å². The second-order valence-corrected chi connectivity index (χ2v) is 4.36. The Bertz CT molecular complexity index is 357. The van der Waals surface area contributed by atoms with Crippen LogP contribution >= 0.6 is 11.6 Å². The molecule has 0 bridgehead atoms. The zero-order valence-electron chi connectivity index (χ0n) is 10.0. The predicted octanol–water partition coefficient (Wildman–Crippen LogP) is 2.91. The molecule has 3 nitrogen and oxygen atoms in total. The van der Waals surface area contributed by atoms with E-state index >= 15 is 0 Å². The number of nitrogens with two attached hydrogens (primary N) is 1. The van der Waals surface area contributed by atoms with E-state index in [-0.39, 0.29) is 12.1 Å². The number of nitrogens with one attached hydrogen (secondary N) is 1. The molecule has 0 amide bonds. The van der Waals surface area contributed by atoms with E-state index in [4.69, 9.17) is 22.2 Å². The first-order chi connectivity index (χ1) is 8.17. The summed E-state index contributed by atoms with van der Waals surface area (Å²) >= 11 is 5.89. The zero-order valence-corrected chi connectivity index (χ0v) is 10.8. The Balaban J connectivity index is 2.56. The maximum Gasteiger partial charge on any atom is 0.121 e. The first-order valence-electron chi connectivity index (χ1n) is 5.66. The molecule has 0 aromatic heterocycles. The smallest absolute Gasteiger partial charge is 0.121 e. The highest BCUT2D eigenvalue weighted by atomic mass is 35.5. The van der Waals surface area contributed by atoms with Crippen LogP contribution in [0.4, 0.5) is 0 Å². The first-order valence-corrected chi connectivity index (χ1v) is 6.04. The highest BCUT2D eigenvalue weighted by molar-refractivity contribution is 6.30. The van der Waals surface area contributed by atoms with Crippen LogP contribution in [0.1, 0.15) is 19.8 Å². The summed E-state index contributed by atoms with van der Waals surface area (Å²) in [5.74, 6) is 6.26. The van der Waals surface area contributed by atoms with Gasteiger partial charge in [0, 0.05) is 5.02 Å². The highest BCUT2D eigenvalue weighted by Crippen LogP contribution is 2.19. The van der Waals surface area contributed by atoms with Gasteiger partial charge in [-0.3, -0.25) is 11.3 Å². The summed E-state index contributed by atoms with van der Waals surface area (Å²) in [6.07, 6.45) is 3.63. The predicted molar refractivity (Wildman–Crippen MR) is 72.1 cm³/mol. The average Bonchev–Trinajstić information content (AvgIpc) is 2.30. The number of hydrogen-bond donors (Lipinski definition) is 2. The van der Waals surface area contributed by atoms with Gasteiger partial charge in [-0.05, 0) is 38.0 Å². The molecule has 0 aliphatic heterocycles. The number of rotatable bonds is 7. The lowest BCUT2D eigenvalue weighted by molar-refractivity contribution is 0.165. The number of ether oxygens (including phenoxy) is 1. The van der Waals surface area contributed by atoms with Crippen LogP contribution in [0.15, 0.2) is 36.9 Å². The minimum Gasteiger partial charge on any atom is -0.489 e. The molecular weight excluding hydrogens is 236 g/mol. The van der Waals surface area contributed by atoms with Crippen molar-refractivity contribution < 1.29 is 4.74 Å². The van der Waals surface area contributed by atoms with Crippen LogP contribution in [0, 0.1) is 0 Å². The lowest BCUT2D eigenvalue weighted by Gasteiger charge is -2.24. The minimum absolute atomic E-state index is 0.0292. The standard InChI is InChI=1S/C13H19ClN2O/c1-3-4-8-13(16-15)10(2)17-12-7-5-6-11(14)9-12/h3,5-7,9-10,13,16H,1,4,8,15H2,2H3. The Morgan fingerprint density at radius 1 is 1.59 bits per heavy atom. The number of benzene rings is 1. The summed E-state index contributed by atoms with van der Waals surface area (Å²) in [5, 5.41) is 0.665. The molecule has 0 radical (unpaired) electrons. The molecule has 0 fully saturated rings. The Morgan fingerprint density at radius 3 is 2.94 bits per heavy atom. The van der Waals surface area contributed by atoms with E-state index in [0.29, 0.717) is 5.02 Å². The van der Waals surface area contributed by atoms with Gasteiger partial charge in [0.15, 0.2) is 0 Å². The second-order valence-electron chi connectivity index (χ2n) is 3.92. The molecule has 3 N–H and O–H groups in total. The zero-order chi connectivity index (χ0) is 12.7. The van der Waals surface area contributed by atoms with E-state index in [0.717, 1.165) is 18.6 Å². The van der Waals surface area contributed by atoms with Crippen LogP contribution in [-0.4, -0.2) is 12.1 Å². The van der Waals surface area contributed by atoms with Crippen LogP contribution < -0.4 is 16.0 Å². The van der Waals surface area contributed by atoms with Gasteiger partial charge in [-0.2, -0.15) is 0 Å². The maximum atomic E-state index is 5.89. The van der Waals surface area contributed by atoms with Gasteiger partial charge < -0.3 is 4.74 Å². The molecule has 0 heterocycles. The van der Waals surface area contributed by atoms with Crippen molar-refractivity contribution in [1.82, 2.24) is 5.43 Å². The van der Waals surface area contributed by atoms with E-state index < -0.39 is 0 Å². The van der Waals surface area contributed by atoms with Gasteiger partial charge in [0.1, 0.15) is 11.9 Å². The van der Waals surface area contributed by atoms with Crippen molar-refractivity contribution in [3.05, 3.63) is 41.9 Å². The molecule has 0 spiro atoms. The van der Waals surface area contributed by atoms with Gasteiger partial charge in [-0.1, -0.05) is 23.7 Å². The molecule has 94 valence electrons. The van der Waals surface area contributed by atoms with Gasteiger partial charge >= 0.3 is 0 Å². The fourth-order valence-electron chi connectivity index (χ4n) is 1.59. The molecule has 0 aliphatic carbocycles. The molecular formula is C13H19ClN2O. The van der Waals surface area contributed by atoms with Crippen molar-refractivity contribution >= 4 is 11.6 Å². The van der Waals surface area contributed by atoms with Crippen LogP contribution in [0.25, 0.3) is 0 Å². The van der Waals surface area contributed by atoms with Crippen molar-refractivity contribution in [2.24, 2.45) is 5.84 Å². The molecule has 17 heavy (non-hydrogen) atoms. The molecule has 1 aromatic carbocycles. The summed E-state index contributed by atoms with van der Waals surface area (Å²) in [4.78, 5) is 0. The number of halogens is 1. The van der Waals surface area contributed by atoms with Crippen molar-refractivity contribution in [2.75, 3.05) is 0 Å². The normalized spacial score (nSPS) is 14.1. The third kappa shape index (κ3) is 4.77. The SMILES string of the molecule is C=CCCC(NN)C(C)Oc1cccc(Cl)c1. The van der Waals surface area contributed by atoms with E-state index in [1.807, 2.05) is 31.2 Å². The monoisotopic (exact) mass is 254 g/mol. The summed E-state index contributed by atoms with van der Waals surface area (Å²) in [6, 6.07) is 7.43. The van der Waals surface area contributed by atoms with E-state index in [2.05, 4.69) is 12.0 Å². The largest absolute Gasteiger partial charge is 0.489 e. The quantitative estimate of drug-likeness (QED) is 0.447. The molecule has 0 saturated carbocycles. The number of hydrogen-bond acceptors (Lipinski definition) is 3. The first kappa shape index (κ1) is 14.0. The van der Waals surface area contributed by atoms with Gasteiger partial charge in [-0.25, -0.2) is 0 Å². The molecule has 4 heteroatoms. The Morgan fingerprint density at radius 2 is 2.35 bits per heavy atom. The highest BCUT2D eigenvalue weighted by Gasteiger charge is 2.16. The lowest BCUT2D eigenvalue weighted by atomic mass is 10.1. The Hall–Kier alpha value is -1.03. The molecule has 0 aliphatic rings. The summed E-state index contributed by atoms with van der Waals surface area (Å²) in [6.45, 7) is 5.68. The molecule has 0 saturated heterocycles. The van der Waals surface area contributed by atoms with Crippen LogP contribution in [0.5, 0.6) is 5.75 Å². The van der Waals surface area contributed by atoms with Crippen molar-refractivity contribution in [3.63, 3.8) is 0 Å². The van der Waals surface area contributed by atoms with Crippen molar-refractivity contribution in [1.29, 1.82) is 0 Å². The third-order valence-corrected chi connectivity index (χ3v) is 2.82. The summed E-state index contributed by atoms with van der Waals surface area (Å²) in [7, 11) is 0. The van der Waals surface area contributed by atoms with Crippen molar-refractivity contribution in [2.45, 2.75) is 31.9 Å². The maximum absolute atomic E-state index is 5.89. The van der Waals surface area contributed by atoms with Gasteiger partial charge in [0.05, 0.1) is 6.04 Å². The third-order valence-electron chi connectivity index (χ3n) is 2.58. The second kappa shape index (κ2) is 7.33. The van der Waals surface area contributed by atoms with E-state index in [1.54, 1.807) is 6.07 Å². The Labute approximate surface area is 108 Å². The average molecular weight is 255 g/mol. The van der Waals surface area contributed by atoms with Crippen molar-refractivity contribution in [3.8, 4) is 5.75 Å². The molecule has 2 unspecified atom stereocenters. The van der Waals surface area contributed by atoms with Gasteiger partial charge in [0.2, 0.25) is 0 Å². The molecule has 1 aromatic rings. The Kier molecular flexibility index (Phi) is 6.05.